The molecule has 2 amide bonds. The molecule has 0 radical (unpaired) electrons. The van der Waals surface area contributed by atoms with Crippen LogP contribution in [0.25, 0.3) is 11.0 Å². The number of aryl methyl sites for hydroxylation is 2. The molecule has 174 valence electrons. The van der Waals surface area contributed by atoms with Crippen molar-refractivity contribution < 1.29 is 9.59 Å². The van der Waals surface area contributed by atoms with Gasteiger partial charge in [-0.25, -0.2) is 0 Å². The monoisotopic (exact) mass is 468 g/mol. The van der Waals surface area contributed by atoms with Gasteiger partial charge in [0.05, 0.1) is 15.9 Å². The fraction of sp³-hybridized carbons (Fsp3) is 0.417. The minimum Gasteiger partial charge on any atom is -0.316 e. The molecule has 0 saturated heterocycles. The highest BCUT2D eigenvalue weighted by Gasteiger charge is 2.30. The van der Waals surface area contributed by atoms with Crippen molar-refractivity contribution in [3.8, 4) is 0 Å². The first-order valence-electron chi connectivity index (χ1n) is 11.1. The molecule has 1 aromatic carbocycles. The molecule has 1 aliphatic rings. The van der Waals surface area contributed by atoms with Crippen LogP contribution in [0.1, 0.15) is 64.6 Å². The van der Waals surface area contributed by atoms with Crippen molar-refractivity contribution >= 4 is 34.2 Å². The first-order chi connectivity index (χ1) is 15.6. The maximum atomic E-state index is 12.7. The number of fused-ring (bicyclic) bond motifs is 2. The molecular weight excluding hydrogens is 440 g/mol. The van der Waals surface area contributed by atoms with E-state index in [4.69, 9.17) is 0 Å². The predicted molar refractivity (Wildman–Crippen MR) is 129 cm³/mol. The quantitative estimate of drug-likeness (QED) is 0.405. The molecular formula is C24H28N4O4S. The Hall–Kier alpha value is -3.20. The topological polar surface area (TPSA) is 113 Å². The van der Waals surface area contributed by atoms with Gasteiger partial charge in [0.2, 0.25) is 0 Å². The van der Waals surface area contributed by atoms with Crippen molar-refractivity contribution in [1.29, 1.82) is 0 Å². The van der Waals surface area contributed by atoms with Gasteiger partial charge in [0.25, 0.3) is 11.8 Å². The minimum atomic E-state index is -0.745. The summed E-state index contributed by atoms with van der Waals surface area (Å²) in [4.78, 5) is 53.4. The number of hydrazine groups is 1. The van der Waals surface area contributed by atoms with Gasteiger partial charge in [0, 0.05) is 17.0 Å². The minimum absolute atomic E-state index is 0.228. The lowest BCUT2D eigenvalue weighted by atomic mass is 9.72. The first kappa shape index (κ1) is 23.0. The SMILES string of the molecule is CCn1c(=O)c(=O)[nH]c2cc(C(=O)NNC(=O)c3cc4c(s3)CCC(C(C)(C)C)C4)ccc21. The molecule has 1 atom stereocenters. The summed E-state index contributed by atoms with van der Waals surface area (Å²) in [7, 11) is 0. The summed E-state index contributed by atoms with van der Waals surface area (Å²) in [6.07, 6.45) is 3.05. The van der Waals surface area contributed by atoms with Crippen LogP contribution in [0.2, 0.25) is 0 Å². The number of nitrogens with zero attached hydrogens (tertiary/aromatic N) is 1. The Bertz CT molecular complexity index is 1360. The molecule has 0 fully saturated rings. The van der Waals surface area contributed by atoms with Crippen LogP contribution in [-0.2, 0) is 19.4 Å². The highest BCUT2D eigenvalue weighted by Crippen LogP contribution is 2.40. The van der Waals surface area contributed by atoms with Gasteiger partial charge < -0.3 is 9.55 Å². The van der Waals surface area contributed by atoms with Gasteiger partial charge in [-0.2, -0.15) is 0 Å². The summed E-state index contributed by atoms with van der Waals surface area (Å²) >= 11 is 1.48. The number of aromatic amines is 1. The number of benzene rings is 1. The van der Waals surface area contributed by atoms with Crippen molar-refractivity contribution in [3.63, 3.8) is 0 Å². The number of nitrogens with one attached hydrogen (secondary N) is 3. The summed E-state index contributed by atoms with van der Waals surface area (Å²) in [5, 5.41) is 0. The predicted octanol–water partition coefficient (Wildman–Crippen LogP) is 3.00. The average molecular weight is 469 g/mol. The number of thiophene rings is 1. The maximum absolute atomic E-state index is 12.7. The van der Waals surface area contributed by atoms with Crippen LogP contribution in [0, 0.1) is 11.3 Å². The van der Waals surface area contributed by atoms with E-state index in [1.165, 1.54) is 32.4 Å². The van der Waals surface area contributed by atoms with Crippen LogP contribution >= 0.6 is 11.3 Å². The molecule has 3 aromatic rings. The first-order valence-corrected chi connectivity index (χ1v) is 11.9. The summed E-state index contributed by atoms with van der Waals surface area (Å²) < 4.78 is 1.35. The van der Waals surface area contributed by atoms with Crippen molar-refractivity contribution in [2.75, 3.05) is 0 Å². The summed E-state index contributed by atoms with van der Waals surface area (Å²) in [6, 6.07) is 6.57. The van der Waals surface area contributed by atoms with Gasteiger partial charge in [-0.15, -0.1) is 11.3 Å². The average Bonchev–Trinajstić information content (AvgIpc) is 3.21. The molecule has 1 unspecified atom stereocenters. The van der Waals surface area contributed by atoms with Crippen LogP contribution in [0.4, 0.5) is 0 Å². The third-order valence-electron chi connectivity index (χ3n) is 6.37. The Labute approximate surface area is 195 Å². The maximum Gasteiger partial charge on any atom is 0.316 e. The number of amides is 2. The summed E-state index contributed by atoms with van der Waals surface area (Å²) in [5.41, 5.74) is 6.14. The Morgan fingerprint density at radius 1 is 1.15 bits per heavy atom. The van der Waals surface area contributed by atoms with Crippen LogP contribution in [0.15, 0.2) is 33.9 Å². The van der Waals surface area contributed by atoms with E-state index in [-0.39, 0.29) is 16.9 Å². The Morgan fingerprint density at radius 2 is 1.88 bits per heavy atom. The molecule has 1 aliphatic carbocycles. The number of aromatic nitrogens is 2. The lowest BCUT2D eigenvalue weighted by molar-refractivity contribution is 0.0849. The van der Waals surface area contributed by atoms with Crippen molar-refractivity contribution in [2.24, 2.45) is 11.3 Å². The van der Waals surface area contributed by atoms with Crippen LogP contribution in [-0.4, -0.2) is 21.4 Å². The molecule has 33 heavy (non-hydrogen) atoms. The molecule has 4 rings (SSSR count). The number of H-pyrrole nitrogens is 1. The lowest BCUT2D eigenvalue weighted by Gasteiger charge is -2.33. The third kappa shape index (κ3) is 4.50. The molecule has 0 saturated carbocycles. The molecule has 0 bridgehead atoms. The number of hydrogen-bond acceptors (Lipinski definition) is 5. The second kappa shape index (κ2) is 8.62. The standard InChI is InChI=1S/C24H28N4O4S/c1-5-28-17-8-6-13(11-16(17)25-22(31)23(28)32)20(29)26-27-21(30)19-12-14-10-15(24(2,3)4)7-9-18(14)33-19/h6,8,11-12,15H,5,7,9-10H2,1-4H3,(H,25,31)(H,26,29)(H,27,30). The largest absolute Gasteiger partial charge is 0.316 e. The van der Waals surface area contributed by atoms with E-state index in [0.29, 0.717) is 28.4 Å². The Kier molecular flexibility index (Phi) is 6.00. The van der Waals surface area contributed by atoms with Gasteiger partial charge in [-0.1, -0.05) is 20.8 Å². The lowest BCUT2D eigenvalue weighted by Crippen LogP contribution is -2.41. The fourth-order valence-electron chi connectivity index (χ4n) is 4.36. The zero-order valence-corrected chi connectivity index (χ0v) is 20.0. The van der Waals surface area contributed by atoms with E-state index in [9.17, 15) is 19.2 Å². The van der Waals surface area contributed by atoms with Crippen molar-refractivity contribution in [1.82, 2.24) is 20.4 Å². The van der Waals surface area contributed by atoms with E-state index in [2.05, 4.69) is 36.6 Å². The highest BCUT2D eigenvalue weighted by atomic mass is 32.1. The van der Waals surface area contributed by atoms with Gasteiger partial charge in [-0.05, 0) is 67.3 Å². The van der Waals surface area contributed by atoms with E-state index in [1.807, 2.05) is 6.07 Å². The van der Waals surface area contributed by atoms with Crippen LogP contribution in [0.3, 0.4) is 0 Å². The smallest absolute Gasteiger partial charge is 0.316 e. The zero-order valence-electron chi connectivity index (χ0n) is 19.2. The number of carbonyl (C=O) groups is 2. The molecule has 8 nitrogen and oxygen atoms in total. The summed E-state index contributed by atoms with van der Waals surface area (Å²) in [5.74, 6) is -0.294. The van der Waals surface area contributed by atoms with E-state index >= 15 is 0 Å². The fourth-order valence-corrected chi connectivity index (χ4v) is 5.46. The van der Waals surface area contributed by atoms with Crippen molar-refractivity contribution in [3.05, 3.63) is 65.9 Å². The zero-order chi connectivity index (χ0) is 23.9. The molecule has 2 heterocycles. The molecule has 0 spiro atoms. The van der Waals surface area contributed by atoms with Gasteiger partial charge in [0.1, 0.15) is 0 Å². The molecule has 0 aliphatic heterocycles. The molecule has 2 aromatic heterocycles. The Morgan fingerprint density at radius 3 is 2.58 bits per heavy atom. The number of carbonyl (C=O) groups excluding carboxylic acids is 2. The molecule has 3 N–H and O–H groups in total. The third-order valence-corrected chi connectivity index (χ3v) is 7.61. The molecule has 9 heteroatoms. The second-order valence-corrected chi connectivity index (χ2v) is 10.6. The normalized spacial score (nSPS) is 15.8. The van der Waals surface area contributed by atoms with E-state index < -0.39 is 17.0 Å². The van der Waals surface area contributed by atoms with E-state index in [0.717, 1.165) is 19.3 Å². The van der Waals surface area contributed by atoms with Crippen molar-refractivity contribution in [2.45, 2.75) is 53.5 Å². The summed E-state index contributed by atoms with van der Waals surface area (Å²) in [6.45, 7) is 8.86. The highest BCUT2D eigenvalue weighted by molar-refractivity contribution is 7.14. The number of rotatable bonds is 3. The second-order valence-electron chi connectivity index (χ2n) is 9.51. The Balaban J connectivity index is 1.46. The van der Waals surface area contributed by atoms with Gasteiger partial charge in [0.15, 0.2) is 0 Å². The van der Waals surface area contributed by atoms with Gasteiger partial charge in [-0.3, -0.25) is 30.0 Å². The van der Waals surface area contributed by atoms with Crippen LogP contribution in [0.5, 0.6) is 0 Å². The van der Waals surface area contributed by atoms with E-state index in [1.54, 1.807) is 19.1 Å². The number of hydrogen-bond donors (Lipinski definition) is 3. The van der Waals surface area contributed by atoms with Gasteiger partial charge >= 0.3 is 11.1 Å². The van der Waals surface area contributed by atoms with Crippen LogP contribution < -0.4 is 22.0 Å².